The predicted molar refractivity (Wildman–Crippen MR) is 96.7 cm³/mol. The smallest absolute Gasteiger partial charge is 0.343 e. The molecule has 0 spiro atoms. The number of nitrogens with two attached hydrogens (primary N) is 1. The molecule has 0 amide bonds. The zero-order chi connectivity index (χ0) is 17.1. The van der Waals surface area contributed by atoms with E-state index < -0.39 is 5.97 Å². The number of carboxylic acids is 1. The number of piperidine rings is 1. The molecule has 1 aromatic heterocycles. The van der Waals surface area contributed by atoms with E-state index in [0.717, 1.165) is 19.4 Å². The Balaban J connectivity index is 0.00000225. The summed E-state index contributed by atoms with van der Waals surface area (Å²) in [5.74, 6) is 0.632. The summed E-state index contributed by atoms with van der Waals surface area (Å²) < 4.78 is 10.5. The van der Waals surface area contributed by atoms with Crippen LogP contribution in [-0.4, -0.2) is 43.0 Å². The number of hydrogen-bond donors (Lipinski definition) is 2. The van der Waals surface area contributed by atoms with Gasteiger partial charge in [0.05, 0.1) is 7.11 Å². The van der Waals surface area contributed by atoms with Gasteiger partial charge in [-0.1, -0.05) is 5.16 Å². The van der Waals surface area contributed by atoms with Crippen molar-refractivity contribution in [1.29, 1.82) is 0 Å². The number of aromatic carboxylic acids is 1. The number of nitrogens with zero attached hydrogens (tertiary/aromatic N) is 2. The number of rotatable bonds is 5. The lowest BCUT2D eigenvalue weighted by atomic mass is 9.98. The molecule has 0 bridgehead atoms. The second kappa shape index (κ2) is 8.22. The van der Waals surface area contributed by atoms with Gasteiger partial charge in [-0.25, -0.2) is 4.79 Å². The number of methoxy groups -OCH3 is 1. The van der Waals surface area contributed by atoms with Crippen LogP contribution in [0.15, 0.2) is 28.8 Å². The highest BCUT2D eigenvalue weighted by Gasteiger charge is 2.30. The van der Waals surface area contributed by atoms with Gasteiger partial charge in [-0.2, -0.15) is 0 Å². The highest BCUT2D eigenvalue weighted by atomic mass is 35.5. The third-order valence-corrected chi connectivity index (χ3v) is 4.39. The third-order valence-electron chi connectivity index (χ3n) is 4.39. The van der Waals surface area contributed by atoms with E-state index in [-0.39, 0.29) is 23.7 Å². The van der Waals surface area contributed by atoms with E-state index in [4.69, 9.17) is 15.0 Å². The number of hydrogen-bond acceptors (Lipinski definition) is 6. The molecular weight excluding hydrogens is 346 g/mol. The molecule has 1 fully saturated rings. The van der Waals surface area contributed by atoms with Crippen molar-refractivity contribution in [3.63, 3.8) is 0 Å². The van der Waals surface area contributed by atoms with Crippen LogP contribution in [0.25, 0.3) is 11.3 Å². The first-order valence-corrected chi connectivity index (χ1v) is 7.96. The van der Waals surface area contributed by atoms with Crippen LogP contribution in [0.5, 0.6) is 5.75 Å². The zero-order valence-corrected chi connectivity index (χ0v) is 14.8. The molecule has 1 unspecified atom stereocenters. The SMILES string of the molecule is COc1ccc(-c2onc(N3CCCC(CN)C3)c2C(=O)O)cc1.Cl. The van der Waals surface area contributed by atoms with Crippen LogP contribution in [-0.2, 0) is 0 Å². The fraction of sp³-hybridized carbons (Fsp3) is 0.412. The van der Waals surface area contributed by atoms with Crippen molar-refractivity contribution < 1.29 is 19.2 Å². The van der Waals surface area contributed by atoms with Gasteiger partial charge in [-0.05, 0) is 49.6 Å². The first-order valence-electron chi connectivity index (χ1n) is 7.96. The molecule has 7 nitrogen and oxygen atoms in total. The van der Waals surface area contributed by atoms with Gasteiger partial charge in [0.25, 0.3) is 0 Å². The van der Waals surface area contributed by atoms with Crippen molar-refractivity contribution in [2.24, 2.45) is 11.7 Å². The Kier molecular flexibility index (Phi) is 6.27. The monoisotopic (exact) mass is 367 g/mol. The Morgan fingerprint density at radius 1 is 1.44 bits per heavy atom. The molecule has 2 heterocycles. The van der Waals surface area contributed by atoms with Crippen LogP contribution in [0.3, 0.4) is 0 Å². The van der Waals surface area contributed by atoms with Gasteiger partial charge in [-0.15, -0.1) is 12.4 Å². The number of anilines is 1. The van der Waals surface area contributed by atoms with Crippen molar-refractivity contribution in [2.75, 3.05) is 31.6 Å². The fourth-order valence-corrected chi connectivity index (χ4v) is 3.08. The summed E-state index contributed by atoms with van der Waals surface area (Å²) >= 11 is 0. The molecule has 0 saturated carbocycles. The molecule has 1 aliphatic rings. The number of aromatic nitrogens is 1. The van der Waals surface area contributed by atoms with E-state index in [1.807, 2.05) is 4.90 Å². The van der Waals surface area contributed by atoms with Crippen LogP contribution >= 0.6 is 12.4 Å². The second-order valence-corrected chi connectivity index (χ2v) is 5.93. The maximum atomic E-state index is 11.8. The summed E-state index contributed by atoms with van der Waals surface area (Å²) in [6.07, 6.45) is 2.02. The number of carbonyl (C=O) groups is 1. The molecule has 1 aliphatic heterocycles. The van der Waals surface area contributed by atoms with E-state index in [1.54, 1.807) is 31.4 Å². The maximum absolute atomic E-state index is 11.8. The lowest BCUT2D eigenvalue weighted by Gasteiger charge is -2.32. The summed E-state index contributed by atoms with van der Waals surface area (Å²) in [6.45, 7) is 2.04. The summed E-state index contributed by atoms with van der Waals surface area (Å²) in [5, 5.41) is 13.7. The van der Waals surface area contributed by atoms with Crippen LogP contribution < -0.4 is 15.4 Å². The van der Waals surface area contributed by atoms with Crippen molar-refractivity contribution in [3.05, 3.63) is 29.8 Å². The quantitative estimate of drug-likeness (QED) is 0.837. The van der Waals surface area contributed by atoms with Gasteiger partial charge >= 0.3 is 5.97 Å². The van der Waals surface area contributed by atoms with Crippen molar-refractivity contribution in [1.82, 2.24) is 5.16 Å². The van der Waals surface area contributed by atoms with E-state index in [1.165, 1.54) is 0 Å². The summed E-state index contributed by atoms with van der Waals surface area (Å²) in [6, 6.07) is 7.03. The van der Waals surface area contributed by atoms with Gasteiger partial charge in [0, 0.05) is 18.7 Å². The van der Waals surface area contributed by atoms with Gasteiger partial charge in [0.1, 0.15) is 5.75 Å². The average molecular weight is 368 g/mol. The summed E-state index contributed by atoms with van der Waals surface area (Å²) in [5.41, 5.74) is 6.51. The summed E-state index contributed by atoms with van der Waals surface area (Å²) in [7, 11) is 1.58. The lowest BCUT2D eigenvalue weighted by Crippen LogP contribution is -2.39. The molecule has 1 aromatic carbocycles. The zero-order valence-electron chi connectivity index (χ0n) is 14.0. The topological polar surface area (TPSA) is 102 Å². The summed E-state index contributed by atoms with van der Waals surface area (Å²) in [4.78, 5) is 13.8. The van der Waals surface area contributed by atoms with Crippen LogP contribution in [0.4, 0.5) is 5.82 Å². The average Bonchev–Trinajstić information content (AvgIpc) is 3.07. The minimum Gasteiger partial charge on any atom is -0.497 e. The van der Waals surface area contributed by atoms with Gasteiger partial charge < -0.3 is 25.0 Å². The van der Waals surface area contributed by atoms with E-state index in [9.17, 15) is 9.90 Å². The van der Waals surface area contributed by atoms with Crippen molar-refractivity contribution >= 4 is 24.2 Å². The van der Waals surface area contributed by atoms with Gasteiger partial charge in [-0.3, -0.25) is 0 Å². The Hall–Kier alpha value is -2.25. The first kappa shape index (κ1) is 19.1. The van der Waals surface area contributed by atoms with E-state index >= 15 is 0 Å². The molecule has 136 valence electrons. The maximum Gasteiger partial charge on any atom is 0.343 e. The van der Waals surface area contributed by atoms with Crippen molar-refractivity contribution in [3.8, 4) is 17.1 Å². The Morgan fingerprint density at radius 3 is 2.76 bits per heavy atom. The number of benzene rings is 1. The third kappa shape index (κ3) is 3.88. The number of halogens is 1. The normalized spacial score (nSPS) is 17.0. The lowest BCUT2D eigenvalue weighted by molar-refractivity contribution is 0.0697. The molecule has 8 heteroatoms. The molecule has 1 saturated heterocycles. The minimum absolute atomic E-state index is 0. The second-order valence-electron chi connectivity index (χ2n) is 5.93. The molecule has 0 radical (unpaired) electrons. The van der Waals surface area contributed by atoms with Crippen LogP contribution in [0.2, 0.25) is 0 Å². The molecule has 3 rings (SSSR count). The predicted octanol–water partition coefficient (Wildman–Crippen LogP) is 2.65. The highest BCUT2D eigenvalue weighted by Crippen LogP contribution is 2.34. The number of ether oxygens (including phenoxy) is 1. The van der Waals surface area contributed by atoms with Crippen molar-refractivity contribution in [2.45, 2.75) is 12.8 Å². The van der Waals surface area contributed by atoms with Gasteiger partial charge in [0.2, 0.25) is 0 Å². The minimum atomic E-state index is -1.05. The Bertz CT molecular complexity index is 717. The Labute approximate surface area is 152 Å². The Morgan fingerprint density at radius 2 is 2.16 bits per heavy atom. The molecule has 25 heavy (non-hydrogen) atoms. The first-order chi connectivity index (χ1) is 11.6. The largest absolute Gasteiger partial charge is 0.497 e. The number of carboxylic acid groups (broad SMARTS) is 1. The van der Waals surface area contributed by atoms with Gasteiger partial charge in [0.15, 0.2) is 17.1 Å². The molecule has 3 N–H and O–H groups in total. The molecular formula is C17H22ClN3O4. The molecule has 0 aliphatic carbocycles. The van der Waals surface area contributed by atoms with E-state index in [2.05, 4.69) is 5.16 Å². The standard InChI is InChI=1S/C17H21N3O4.ClH/c1-23-13-6-4-12(5-7-13)15-14(17(21)22)16(19-24-15)20-8-2-3-11(9-18)10-20;/h4-7,11H,2-3,8-10,18H2,1H3,(H,21,22);1H. The van der Waals surface area contributed by atoms with Crippen LogP contribution in [0.1, 0.15) is 23.2 Å². The molecule has 2 aromatic rings. The van der Waals surface area contributed by atoms with Crippen LogP contribution in [0, 0.1) is 5.92 Å². The fourth-order valence-electron chi connectivity index (χ4n) is 3.08. The highest BCUT2D eigenvalue weighted by molar-refractivity contribution is 5.99. The molecule has 1 atom stereocenters. The van der Waals surface area contributed by atoms with E-state index in [0.29, 0.717) is 36.1 Å².